The molecular formula is C14H20N2O3. The van der Waals surface area contributed by atoms with Gasteiger partial charge >= 0.3 is 5.97 Å². The third kappa shape index (κ3) is 4.28. The van der Waals surface area contributed by atoms with E-state index in [9.17, 15) is 9.59 Å². The molecule has 0 bridgehead atoms. The molecule has 0 saturated carbocycles. The van der Waals surface area contributed by atoms with E-state index < -0.39 is 12.0 Å². The number of nitrogens with one attached hydrogen (secondary N) is 2. The summed E-state index contributed by atoms with van der Waals surface area (Å²) in [7, 11) is 0. The number of benzene rings is 1. The first kappa shape index (κ1) is 15.0. The molecule has 1 rings (SSSR count). The predicted octanol–water partition coefficient (Wildman–Crippen LogP) is 2.02. The number of hydrogen-bond acceptors (Lipinski definition) is 3. The van der Waals surface area contributed by atoms with E-state index >= 15 is 0 Å². The fourth-order valence-electron chi connectivity index (χ4n) is 1.66. The topological polar surface area (TPSA) is 78.4 Å². The summed E-state index contributed by atoms with van der Waals surface area (Å²) in [5.41, 5.74) is 1.50. The van der Waals surface area contributed by atoms with Gasteiger partial charge in [-0.25, -0.2) is 4.79 Å². The molecule has 0 aromatic heterocycles. The number of anilines is 1. The molecule has 1 amide bonds. The summed E-state index contributed by atoms with van der Waals surface area (Å²) in [5, 5.41) is 14.8. The molecular weight excluding hydrogens is 244 g/mol. The molecule has 19 heavy (non-hydrogen) atoms. The quantitative estimate of drug-likeness (QED) is 0.734. The summed E-state index contributed by atoms with van der Waals surface area (Å²) < 4.78 is 0. The standard InChI is InChI=1S/C14H20N2O3/c1-4-7-15-13(17)10(3)16-12-6-5-9(2)8-11(12)14(18)19/h5-6,8,10,16H,4,7H2,1-3H3,(H,15,17)(H,18,19). The van der Waals surface area contributed by atoms with Gasteiger partial charge < -0.3 is 15.7 Å². The number of carboxylic acid groups (broad SMARTS) is 1. The van der Waals surface area contributed by atoms with Crippen LogP contribution in [0.5, 0.6) is 0 Å². The number of rotatable bonds is 6. The van der Waals surface area contributed by atoms with E-state index in [1.165, 1.54) is 0 Å². The number of carbonyl (C=O) groups is 2. The van der Waals surface area contributed by atoms with E-state index in [2.05, 4.69) is 10.6 Å². The SMILES string of the molecule is CCCNC(=O)C(C)Nc1ccc(C)cc1C(=O)O. The maximum absolute atomic E-state index is 11.7. The molecule has 0 radical (unpaired) electrons. The van der Waals surface area contributed by atoms with E-state index in [1.807, 2.05) is 19.9 Å². The second-order valence-corrected chi connectivity index (χ2v) is 4.51. The lowest BCUT2D eigenvalue weighted by Gasteiger charge is -2.17. The molecule has 5 nitrogen and oxygen atoms in total. The Kier molecular flexibility index (Phi) is 5.36. The molecule has 1 aromatic carbocycles. The van der Waals surface area contributed by atoms with Gasteiger partial charge in [-0.15, -0.1) is 0 Å². The highest BCUT2D eigenvalue weighted by Crippen LogP contribution is 2.18. The van der Waals surface area contributed by atoms with Gasteiger partial charge in [0.1, 0.15) is 6.04 Å². The van der Waals surface area contributed by atoms with Crippen molar-refractivity contribution in [2.75, 3.05) is 11.9 Å². The maximum atomic E-state index is 11.7. The van der Waals surface area contributed by atoms with Gasteiger partial charge in [0.2, 0.25) is 5.91 Å². The summed E-state index contributed by atoms with van der Waals surface area (Å²) in [6.07, 6.45) is 0.864. The van der Waals surface area contributed by atoms with E-state index in [-0.39, 0.29) is 11.5 Å². The molecule has 1 unspecified atom stereocenters. The van der Waals surface area contributed by atoms with E-state index in [1.54, 1.807) is 19.1 Å². The van der Waals surface area contributed by atoms with Crippen LogP contribution >= 0.6 is 0 Å². The van der Waals surface area contributed by atoms with Crippen molar-refractivity contribution in [3.8, 4) is 0 Å². The summed E-state index contributed by atoms with van der Waals surface area (Å²) >= 11 is 0. The normalized spacial score (nSPS) is 11.7. The van der Waals surface area contributed by atoms with Crippen LogP contribution in [0.25, 0.3) is 0 Å². The zero-order chi connectivity index (χ0) is 14.4. The third-order valence-corrected chi connectivity index (χ3v) is 2.72. The highest BCUT2D eigenvalue weighted by molar-refractivity contribution is 5.95. The van der Waals surface area contributed by atoms with Crippen LogP contribution in [0.3, 0.4) is 0 Å². The number of carboxylic acids is 1. The molecule has 0 spiro atoms. The molecule has 1 atom stereocenters. The Morgan fingerprint density at radius 3 is 2.63 bits per heavy atom. The fraction of sp³-hybridized carbons (Fsp3) is 0.429. The Morgan fingerprint density at radius 1 is 1.37 bits per heavy atom. The predicted molar refractivity (Wildman–Crippen MR) is 74.5 cm³/mol. The Labute approximate surface area is 113 Å². The van der Waals surface area contributed by atoms with Gasteiger partial charge in [0.25, 0.3) is 0 Å². The lowest BCUT2D eigenvalue weighted by Crippen LogP contribution is -2.38. The fourth-order valence-corrected chi connectivity index (χ4v) is 1.66. The molecule has 0 aliphatic carbocycles. The molecule has 104 valence electrons. The van der Waals surface area contributed by atoms with Crippen molar-refractivity contribution >= 4 is 17.6 Å². The van der Waals surface area contributed by atoms with Crippen LogP contribution in [0, 0.1) is 6.92 Å². The maximum Gasteiger partial charge on any atom is 0.337 e. The monoisotopic (exact) mass is 264 g/mol. The highest BCUT2D eigenvalue weighted by atomic mass is 16.4. The van der Waals surface area contributed by atoms with Gasteiger partial charge in [-0.1, -0.05) is 18.6 Å². The Hall–Kier alpha value is -2.04. The minimum absolute atomic E-state index is 0.140. The van der Waals surface area contributed by atoms with Gasteiger partial charge in [0, 0.05) is 12.2 Å². The molecule has 0 heterocycles. The number of aryl methyl sites for hydroxylation is 1. The number of aromatic carboxylic acids is 1. The van der Waals surface area contributed by atoms with Crippen LogP contribution in [0.15, 0.2) is 18.2 Å². The largest absolute Gasteiger partial charge is 0.478 e. The first-order valence-electron chi connectivity index (χ1n) is 6.34. The Morgan fingerprint density at radius 2 is 2.05 bits per heavy atom. The van der Waals surface area contributed by atoms with Crippen LogP contribution in [0.1, 0.15) is 36.2 Å². The van der Waals surface area contributed by atoms with Crippen molar-refractivity contribution in [1.29, 1.82) is 0 Å². The average molecular weight is 264 g/mol. The van der Waals surface area contributed by atoms with Gasteiger partial charge in [0.15, 0.2) is 0 Å². The smallest absolute Gasteiger partial charge is 0.337 e. The van der Waals surface area contributed by atoms with Crippen LogP contribution in [0.2, 0.25) is 0 Å². The second-order valence-electron chi connectivity index (χ2n) is 4.51. The first-order valence-corrected chi connectivity index (χ1v) is 6.34. The molecule has 0 saturated heterocycles. The van der Waals surface area contributed by atoms with Crippen molar-refractivity contribution < 1.29 is 14.7 Å². The van der Waals surface area contributed by atoms with Crippen molar-refractivity contribution in [1.82, 2.24) is 5.32 Å². The summed E-state index contributed by atoms with van der Waals surface area (Å²) in [6.45, 7) is 6.12. The van der Waals surface area contributed by atoms with E-state index in [0.717, 1.165) is 12.0 Å². The van der Waals surface area contributed by atoms with E-state index in [0.29, 0.717) is 12.2 Å². The minimum Gasteiger partial charge on any atom is -0.478 e. The molecule has 3 N–H and O–H groups in total. The second kappa shape index (κ2) is 6.78. The zero-order valence-electron chi connectivity index (χ0n) is 11.5. The summed E-state index contributed by atoms with van der Waals surface area (Å²) in [4.78, 5) is 22.9. The van der Waals surface area contributed by atoms with Gasteiger partial charge in [0.05, 0.1) is 5.56 Å². The average Bonchev–Trinajstić information content (AvgIpc) is 2.37. The van der Waals surface area contributed by atoms with Crippen LogP contribution in [-0.4, -0.2) is 29.6 Å². The van der Waals surface area contributed by atoms with Gasteiger partial charge in [-0.05, 0) is 32.4 Å². The molecule has 0 fully saturated rings. The number of amides is 1. The van der Waals surface area contributed by atoms with Crippen molar-refractivity contribution in [2.24, 2.45) is 0 Å². The van der Waals surface area contributed by atoms with Crippen LogP contribution in [-0.2, 0) is 4.79 Å². The molecule has 5 heteroatoms. The van der Waals surface area contributed by atoms with Crippen molar-refractivity contribution in [3.63, 3.8) is 0 Å². The minimum atomic E-state index is -1.01. The lowest BCUT2D eigenvalue weighted by molar-refractivity contribution is -0.121. The van der Waals surface area contributed by atoms with Crippen molar-refractivity contribution in [3.05, 3.63) is 29.3 Å². The Balaban J connectivity index is 2.81. The molecule has 1 aromatic rings. The van der Waals surface area contributed by atoms with E-state index in [4.69, 9.17) is 5.11 Å². The third-order valence-electron chi connectivity index (χ3n) is 2.72. The number of hydrogen-bond donors (Lipinski definition) is 3. The summed E-state index contributed by atoms with van der Waals surface area (Å²) in [5.74, 6) is -1.15. The van der Waals surface area contributed by atoms with Crippen molar-refractivity contribution in [2.45, 2.75) is 33.2 Å². The van der Waals surface area contributed by atoms with Crippen LogP contribution in [0.4, 0.5) is 5.69 Å². The number of carbonyl (C=O) groups excluding carboxylic acids is 1. The Bertz CT molecular complexity index is 472. The molecule has 0 aliphatic rings. The van der Waals surface area contributed by atoms with Gasteiger partial charge in [-0.2, -0.15) is 0 Å². The first-order chi connectivity index (χ1) is 8.95. The van der Waals surface area contributed by atoms with Gasteiger partial charge in [-0.3, -0.25) is 4.79 Å². The summed E-state index contributed by atoms with van der Waals surface area (Å²) in [6, 6.07) is 4.60. The molecule has 0 aliphatic heterocycles. The van der Waals surface area contributed by atoms with Crippen LogP contribution < -0.4 is 10.6 Å². The zero-order valence-corrected chi connectivity index (χ0v) is 11.5. The highest BCUT2D eigenvalue weighted by Gasteiger charge is 2.16. The lowest BCUT2D eigenvalue weighted by atomic mass is 10.1.